The molecule has 4 heteroatoms. The average molecular weight is 258 g/mol. The zero-order valence-electron chi connectivity index (χ0n) is 11.2. The molecule has 2 amide bonds. The van der Waals surface area contributed by atoms with Crippen molar-refractivity contribution in [2.24, 2.45) is 23.0 Å². The molecule has 1 aromatic carbocycles. The number of piperidine rings is 1. The highest BCUT2D eigenvalue weighted by atomic mass is 16.2. The van der Waals surface area contributed by atoms with Crippen LogP contribution in [-0.4, -0.2) is 16.7 Å². The first-order valence-electron chi connectivity index (χ1n) is 6.60. The third-order valence-corrected chi connectivity index (χ3v) is 4.46. The van der Waals surface area contributed by atoms with E-state index in [4.69, 9.17) is 5.73 Å². The highest BCUT2D eigenvalue weighted by molar-refractivity contribution is 6.10. The smallest absolute Gasteiger partial charge is 0.233 e. The molecule has 0 radical (unpaired) electrons. The second-order valence-corrected chi connectivity index (χ2v) is 6.06. The molecule has 2 unspecified atom stereocenters. The second kappa shape index (κ2) is 3.90. The van der Waals surface area contributed by atoms with Gasteiger partial charge in [-0.3, -0.25) is 14.5 Å². The van der Waals surface area contributed by atoms with Crippen LogP contribution in [0.3, 0.4) is 0 Å². The number of hydrogen-bond donors (Lipinski definition) is 1. The minimum Gasteiger partial charge on any atom is -0.326 e. The van der Waals surface area contributed by atoms with Crippen molar-refractivity contribution in [3.63, 3.8) is 0 Å². The van der Waals surface area contributed by atoms with E-state index in [1.165, 1.54) is 4.90 Å². The number of benzene rings is 1. The van der Waals surface area contributed by atoms with E-state index in [0.29, 0.717) is 13.1 Å². The van der Waals surface area contributed by atoms with Crippen molar-refractivity contribution in [3.8, 4) is 0 Å². The van der Waals surface area contributed by atoms with Gasteiger partial charge in [-0.25, -0.2) is 0 Å². The van der Waals surface area contributed by atoms with Gasteiger partial charge in [0.25, 0.3) is 0 Å². The van der Waals surface area contributed by atoms with Crippen LogP contribution in [0, 0.1) is 17.3 Å². The largest absolute Gasteiger partial charge is 0.326 e. The molecule has 3 rings (SSSR count). The monoisotopic (exact) mass is 258 g/mol. The summed E-state index contributed by atoms with van der Waals surface area (Å²) in [5, 5.41) is 0. The van der Waals surface area contributed by atoms with Gasteiger partial charge in [-0.2, -0.15) is 0 Å². The van der Waals surface area contributed by atoms with E-state index >= 15 is 0 Å². The number of rotatable bonds is 3. The van der Waals surface area contributed by atoms with Gasteiger partial charge in [0.05, 0.1) is 18.4 Å². The van der Waals surface area contributed by atoms with Crippen LogP contribution in [0.2, 0.25) is 0 Å². The van der Waals surface area contributed by atoms with Gasteiger partial charge in [0, 0.05) is 6.54 Å². The third-order valence-electron chi connectivity index (χ3n) is 4.46. The van der Waals surface area contributed by atoms with E-state index in [-0.39, 0.29) is 29.1 Å². The van der Waals surface area contributed by atoms with Gasteiger partial charge < -0.3 is 5.73 Å². The molecule has 2 aliphatic rings. The summed E-state index contributed by atoms with van der Waals surface area (Å²) in [5.41, 5.74) is 7.44. The fourth-order valence-corrected chi connectivity index (χ4v) is 3.20. The summed E-state index contributed by atoms with van der Waals surface area (Å²) in [5.74, 6) is -0.230. The highest BCUT2D eigenvalue weighted by Crippen LogP contribution is 2.63. The predicted octanol–water partition coefficient (Wildman–Crippen LogP) is 1.29. The number of likely N-dealkylation sites (tertiary alicyclic amines) is 1. The fraction of sp³-hybridized carbons (Fsp3) is 0.467. The molecule has 1 heterocycles. The van der Waals surface area contributed by atoms with Crippen molar-refractivity contribution in [2.75, 3.05) is 0 Å². The summed E-state index contributed by atoms with van der Waals surface area (Å²) in [6.45, 7) is 4.82. The Hall–Kier alpha value is -1.68. The van der Waals surface area contributed by atoms with Crippen LogP contribution in [0.5, 0.6) is 0 Å². The van der Waals surface area contributed by atoms with Crippen molar-refractivity contribution in [2.45, 2.75) is 26.9 Å². The molecule has 0 aromatic heterocycles. The summed E-state index contributed by atoms with van der Waals surface area (Å²) in [7, 11) is 0. The molecule has 1 aliphatic carbocycles. The summed E-state index contributed by atoms with van der Waals surface area (Å²) in [6.07, 6.45) is 0. The summed E-state index contributed by atoms with van der Waals surface area (Å²) in [4.78, 5) is 25.8. The number of carbonyl (C=O) groups is 2. The Labute approximate surface area is 112 Å². The Morgan fingerprint density at radius 1 is 1.16 bits per heavy atom. The van der Waals surface area contributed by atoms with Gasteiger partial charge in [-0.05, 0) is 16.5 Å². The van der Waals surface area contributed by atoms with Crippen molar-refractivity contribution in [1.82, 2.24) is 4.90 Å². The number of nitrogens with zero attached hydrogens (tertiary/aromatic N) is 1. The quantitative estimate of drug-likeness (QED) is 0.831. The first-order valence-corrected chi connectivity index (χ1v) is 6.60. The number of imide groups is 1. The molecule has 19 heavy (non-hydrogen) atoms. The Balaban J connectivity index is 1.79. The highest BCUT2D eigenvalue weighted by Gasteiger charge is 2.72. The lowest BCUT2D eigenvalue weighted by molar-refractivity contribution is -0.143. The molecular formula is C15H18N2O2. The number of amides is 2. The topological polar surface area (TPSA) is 63.4 Å². The van der Waals surface area contributed by atoms with Crippen molar-refractivity contribution in [1.29, 1.82) is 0 Å². The van der Waals surface area contributed by atoms with Gasteiger partial charge in [0.2, 0.25) is 11.8 Å². The Morgan fingerprint density at radius 3 is 2.32 bits per heavy atom. The second-order valence-electron chi connectivity index (χ2n) is 6.06. The maximum atomic E-state index is 12.2. The molecular weight excluding hydrogens is 240 g/mol. The van der Waals surface area contributed by atoms with Crippen LogP contribution in [0.1, 0.15) is 25.0 Å². The number of fused-ring (bicyclic) bond motifs is 1. The molecule has 100 valence electrons. The lowest BCUT2D eigenvalue weighted by Gasteiger charge is -2.20. The van der Waals surface area contributed by atoms with Gasteiger partial charge in [-0.15, -0.1) is 0 Å². The van der Waals surface area contributed by atoms with E-state index in [1.807, 2.05) is 38.1 Å². The van der Waals surface area contributed by atoms with Crippen LogP contribution >= 0.6 is 0 Å². The number of hydrogen-bond acceptors (Lipinski definition) is 3. The number of nitrogens with two attached hydrogens (primary N) is 1. The molecule has 1 aliphatic heterocycles. The molecule has 1 saturated carbocycles. The van der Waals surface area contributed by atoms with Gasteiger partial charge in [-0.1, -0.05) is 38.1 Å². The van der Waals surface area contributed by atoms with Gasteiger partial charge >= 0.3 is 0 Å². The summed E-state index contributed by atoms with van der Waals surface area (Å²) >= 11 is 0. The summed E-state index contributed by atoms with van der Waals surface area (Å²) < 4.78 is 0. The van der Waals surface area contributed by atoms with Crippen LogP contribution in [0.4, 0.5) is 0 Å². The molecule has 4 nitrogen and oxygen atoms in total. The molecule has 1 aromatic rings. The molecule has 2 fully saturated rings. The Kier molecular flexibility index (Phi) is 2.54. The minimum atomic E-state index is -0.135. The normalized spacial score (nSPS) is 27.6. The maximum absolute atomic E-state index is 12.2. The summed E-state index contributed by atoms with van der Waals surface area (Å²) in [6, 6.07) is 7.73. The van der Waals surface area contributed by atoms with Crippen LogP contribution in [-0.2, 0) is 22.7 Å². The van der Waals surface area contributed by atoms with Crippen molar-refractivity contribution in [3.05, 3.63) is 35.4 Å². The lowest BCUT2D eigenvalue weighted by atomic mass is 10.0. The van der Waals surface area contributed by atoms with Gasteiger partial charge in [0.15, 0.2) is 0 Å². The average Bonchev–Trinajstić information content (AvgIpc) is 2.86. The van der Waals surface area contributed by atoms with Crippen LogP contribution < -0.4 is 5.73 Å². The van der Waals surface area contributed by atoms with E-state index < -0.39 is 0 Å². The first-order chi connectivity index (χ1) is 8.96. The van der Waals surface area contributed by atoms with E-state index in [2.05, 4.69) is 0 Å². The van der Waals surface area contributed by atoms with E-state index in [1.54, 1.807) is 0 Å². The van der Waals surface area contributed by atoms with E-state index in [9.17, 15) is 9.59 Å². The first kappa shape index (κ1) is 12.4. The molecule has 2 atom stereocenters. The SMILES string of the molecule is CC1(C)C2C(=O)N(Cc3cccc(CN)c3)C(=O)C21. The van der Waals surface area contributed by atoms with Crippen LogP contribution in [0.25, 0.3) is 0 Å². The standard InChI is InChI=1S/C15H18N2O2/c1-15(2)11-12(15)14(19)17(13(11)18)8-10-5-3-4-9(6-10)7-16/h3-6,11-12H,7-8,16H2,1-2H3. The molecule has 2 N–H and O–H groups in total. The molecule has 0 spiro atoms. The van der Waals surface area contributed by atoms with Crippen molar-refractivity contribution >= 4 is 11.8 Å². The van der Waals surface area contributed by atoms with Crippen molar-refractivity contribution < 1.29 is 9.59 Å². The lowest BCUT2D eigenvalue weighted by Crippen LogP contribution is -2.35. The predicted molar refractivity (Wildman–Crippen MR) is 70.7 cm³/mol. The van der Waals surface area contributed by atoms with E-state index in [0.717, 1.165) is 11.1 Å². The zero-order valence-corrected chi connectivity index (χ0v) is 11.2. The zero-order chi connectivity index (χ0) is 13.8. The number of carbonyl (C=O) groups excluding carboxylic acids is 2. The van der Waals surface area contributed by atoms with Crippen LogP contribution in [0.15, 0.2) is 24.3 Å². The minimum absolute atomic E-state index is 0.0156. The van der Waals surface area contributed by atoms with Gasteiger partial charge in [0.1, 0.15) is 0 Å². The Morgan fingerprint density at radius 2 is 1.74 bits per heavy atom. The Bertz CT molecular complexity index is 541. The fourth-order valence-electron chi connectivity index (χ4n) is 3.20. The third kappa shape index (κ3) is 1.70. The maximum Gasteiger partial charge on any atom is 0.233 e. The molecule has 1 saturated heterocycles. The molecule has 0 bridgehead atoms.